The van der Waals surface area contributed by atoms with Crippen molar-refractivity contribution in [3.8, 4) is 11.5 Å². The number of benzene rings is 1. The molecule has 0 saturated heterocycles. The van der Waals surface area contributed by atoms with Gasteiger partial charge in [0, 0.05) is 16.8 Å². The van der Waals surface area contributed by atoms with Crippen molar-refractivity contribution >= 4 is 31.1 Å². The van der Waals surface area contributed by atoms with Crippen LogP contribution in [0.15, 0.2) is 12.1 Å². The van der Waals surface area contributed by atoms with Gasteiger partial charge >= 0.3 is 0 Å². The zero-order chi connectivity index (χ0) is 13.2. The van der Waals surface area contributed by atoms with Crippen LogP contribution in [0.25, 0.3) is 0 Å². The molecular weight excluding hydrogens is 250 g/mol. The Hall–Kier alpha value is -1.24. The van der Waals surface area contributed by atoms with E-state index >= 15 is 0 Å². The summed E-state index contributed by atoms with van der Waals surface area (Å²) in [5.74, 6) is 2.97. The van der Waals surface area contributed by atoms with Gasteiger partial charge in [-0.15, -0.1) is 5.54 Å². The molecule has 2 N–H and O–H groups in total. The van der Waals surface area contributed by atoms with E-state index in [-0.39, 0.29) is 5.78 Å². The fourth-order valence-corrected chi connectivity index (χ4v) is 2.04. The summed E-state index contributed by atoms with van der Waals surface area (Å²) in [5, 5.41) is 0.383. The van der Waals surface area contributed by atoms with Crippen molar-refractivity contribution in [2.24, 2.45) is 0 Å². The predicted molar refractivity (Wildman–Crippen MR) is 76.1 cm³/mol. The van der Waals surface area contributed by atoms with Gasteiger partial charge in [0.05, 0.1) is 5.02 Å². The van der Waals surface area contributed by atoms with Crippen molar-refractivity contribution in [3.05, 3.63) is 28.3 Å². The van der Waals surface area contributed by atoms with Gasteiger partial charge in [0.2, 0.25) is 0 Å². The first-order chi connectivity index (χ1) is 7.70. The minimum absolute atomic E-state index is 0.0777. The molecule has 0 fully saturated rings. The van der Waals surface area contributed by atoms with Crippen molar-refractivity contribution in [2.45, 2.75) is 26.6 Å². The first-order valence-electron chi connectivity index (χ1n) is 5.34. The highest BCUT2D eigenvalue weighted by Gasteiger charge is 2.11. The van der Waals surface area contributed by atoms with Gasteiger partial charge in [0.1, 0.15) is 8.07 Å². The molecule has 0 saturated carbocycles. The quantitative estimate of drug-likeness (QED) is 0.366. The Labute approximate surface area is 108 Å². The van der Waals surface area contributed by atoms with Crippen LogP contribution in [0, 0.1) is 11.5 Å². The summed E-state index contributed by atoms with van der Waals surface area (Å²) in [5.41, 5.74) is 10.7. The zero-order valence-electron chi connectivity index (χ0n) is 10.5. The maximum Gasteiger partial charge on any atom is 0.161 e. The standard InChI is InChI=1S/C13H16ClNOSi/c1-9(16)11-7-10(5-6-17(2,3)4)13(15)8-12(11)14/h7-8H,15H2,1-4H3. The van der Waals surface area contributed by atoms with Crippen LogP contribution in [0.2, 0.25) is 24.7 Å². The molecule has 90 valence electrons. The van der Waals surface area contributed by atoms with Crippen molar-refractivity contribution in [2.75, 3.05) is 5.73 Å². The number of halogens is 1. The van der Waals surface area contributed by atoms with E-state index in [4.69, 9.17) is 17.3 Å². The van der Waals surface area contributed by atoms with Gasteiger partial charge in [-0.1, -0.05) is 37.2 Å². The van der Waals surface area contributed by atoms with Gasteiger partial charge in [0.15, 0.2) is 5.78 Å². The Morgan fingerprint density at radius 2 is 1.94 bits per heavy atom. The van der Waals surface area contributed by atoms with E-state index in [1.807, 2.05) is 0 Å². The summed E-state index contributed by atoms with van der Waals surface area (Å²) < 4.78 is 0. The molecule has 2 nitrogen and oxygen atoms in total. The molecule has 0 spiro atoms. The van der Waals surface area contributed by atoms with Gasteiger partial charge < -0.3 is 5.73 Å². The van der Waals surface area contributed by atoms with Crippen LogP contribution in [0.5, 0.6) is 0 Å². The van der Waals surface area contributed by atoms with Crippen molar-refractivity contribution in [3.63, 3.8) is 0 Å². The molecule has 0 unspecified atom stereocenters. The number of hydrogen-bond donors (Lipinski definition) is 1. The number of rotatable bonds is 1. The first kappa shape index (κ1) is 13.8. The van der Waals surface area contributed by atoms with Crippen LogP contribution in [-0.2, 0) is 0 Å². The molecule has 0 bridgehead atoms. The number of nitrogens with two attached hydrogens (primary N) is 1. The number of hydrogen-bond acceptors (Lipinski definition) is 2. The van der Waals surface area contributed by atoms with Crippen LogP contribution in [0.1, 0.15) is 22.8 Å². The Balaban J connectivity index is 3.29. The van der Waals surface area contributed by atoms with Crippen LogP contribution in [0.3, 0.4) is 0 Å². The molecule has 0 radical (unpaired) electrons. The molecule has 0 atom stereocenters. The van der Waals surface area contributed by atoms with Gasteiger partial charge in [-0.25, -0.2) is 0 Å². The molecule has 0 amide bonds. The number of ketones is 1. The van der Waals surface area contributed by atoms with Gasteiger partial charge in [0.25, 0.3) is 0 Å². The van der Waals surface area contributed by atoms with E-state index in [9.17, 15) is 4.79 Å². The van der Waals surface area contributed by atoms with Gasteiger partial charge in [-0.2, -0.15) is 0 Å². The molecular formula is C13H16ClNOSi. The third kappa shape index (κ3) is 3.92. The largest absolute Gasteiger partial charge is 0.398 e. The third-order valence-corrected chi connectivity index (χ3v) is 3.28. The second kappa shape index (κ2) is 4.95. The van der Waals surface area contributed by atoms with E-state index in [2.05, 4.69) is 31.1 Å². The summed E-state index contributed by atoms with van der Waals surface area (Å²) in [6.45, 7) is 7.93. The van der Waals surface area contributed by atoms with Crippen LogP contribution in [0.4, 0.5) is 5.69 Å². The SMILES string of the molecule is CC(=O)c1cc(C#C[Si](C)(C)C)c(N)cc1Cl. The Morgan fingerprint density at radius 3 is 2.41 bits per heavy atom. The van der Waals surface area contributed by atoms with E-state index < -0.39 is 8.07 Å². The second-order valence-corrected chi connectivity index (χ2v) is 10.1. The number of nitrogen functional groups attached to an aromatic ring is 1. The molecule has 0 aliphatic carbocycles. The molecule has 0 aromatic heterocycles. The minimum atomic E-state index is -1.46. The third-order valence-electron chi connectivity index (χ3n) is 2.09. The Morgan fingerprint density at radius 1 is 1.35 bits per heavy atom. The maximum absolute atomic E-state index is 11.4. The fourth-order valence-electron chi connectivity index (χ4n) is 1.22. The summed E-state index contributed by atoms with van der Waals surface area (Å²) >= 11 is 5.95. The monoisotopic (exact) mass is 265 g/mol. The number of anilines is 1. The molecule has 0 heterocycles. The zero-order valence-corrected chi connectivity index (χ0v) is 12.3. The highest BCUT2D eigenvalue weighted by Crippen LogP contribution is 2.23. The number of Topliss-reactive ketones (excluding diaryl/α,β-unsaturated/α-hetero) is 1. The van der Waals surface area contributed by atoms with Crippen LogP contribution in [-0.4, -0.2) is 13.9 Å². The summed E-state index contributed by atoms with van der Waals surface area (Å²) in [6.07, 6.45) is 0. The smallest absolute Gasteiger partial charge is 0.161 e. The number of carbonyl (C=O) groups excluding carboxylic acids is 1. The first-order valence-corrected chi connectivity index (χ1v) is 9.21. The lowest BCUT2D eigenvalue weighted by Crippen LogP contribution is -2.16. The predicted octanol–water partition coefficient (Wildman–Crippen LogP) is 3.35. The molecule has 1 aromatic carbocycles. The van der Waals surface area contributed by atoms with Crippen molar-refractivity contribution in [1.29, 1.82) is 0 Å². The summed E-state index contributed by atoms with van der Waals surface area (Å²) in [7, 11) is -1.46. The van der Waals surface area contributed by atoms with Crippen molar-refractivity contribution < 1.29 is 4.79 Å². The lowest BCUT2D eigenvalue weighted by molar-refractivity contribution is 0.101. The lowest BCUT2D eigenvalue weighted by Gasteiger charge is -2.06. The molecule has 1 aromatic rings. The normalized spacial score (nSPS) is 10.6. The van der Waals surface area contributed by atoms with Gasteiger partial charge in [-0.3, -0.25) is 4.79 Å². The molecule has 4 heteroatoms. The maximum atomic E-state index is 11.4. The van der Waals surface area contributed by atoms with E-state index in [0.717, 1.165) is 0 Å². The average Bonchev–Trinajstić information content (AvgIpc) is 2.14. The Kier molecular flexibility index (Phi) is 4.02. The second-order valence-electron chi connectivity index (χ2n) is 4.98. The van der Waals surface area contributed by atoms with E-state index in [0.29, 0.717) is 21.8 Å². The summed E-state index contributed by atoms with van der Waals surface area (Å²) in [4.78, 5) is 11.4. The van der Waals surface area contributed by atoms with Gasteiger partial charge in [-0.05, 0) is 19.1 Å². The Bertz CT molecular complexity index is 521. The van der Waals surface area contributed by atoms with Crippen LogP contribution < -0.4 is 5.73 Å². The number of carbonyl (C=O) groups is 1. The summed E-state index contributed by atoms with van der Waals surface area (Å²) in [6, 6.07) is 3.26. The minimum Gasteiger partial charge on any atom is -0.398 e. The lowest BCUT2D eigenvalue weighted by atomic mass is 10.1. The average molecular weight is 266 g/mol. The molecule has 0 aliphatic heterocycles. The molecule has 0 aliphatic rings. The van der Waals surface area contributed by atoms with E-state index in [1.165, 1.54) is 6.92 Å². The fraction of sp³-hybridized carbons (Fsp3) is 0.308. The molecule has 1 rings (SSSR count). The van der Waals surface area contributed by atoms with Crippen molar-refractivity contribution in [1.82, 2.24) is 0 Å². The van der Waals surface area contributed by atoms with Crippen LogP contribution >= 0.6 is 11.6 Å². The highest BCUT2D eigenvalue weighted by molar-refractivity contribution is 6.83. The molecule has 17 heavy (non-hydrogen) atoms. The topological polar surface area (TPSA) is 43.1 Å². The van der Waals surface area contributed by atoms with E-state index in [1.54, 1.807) is 12.1 Å². The highest BCUT2D eigenvalue weighted by atomic mass is 35.5.